The highest BCUT2D eigenvalue weighted by molar-refractivity contribution is 5.94. The maximum atomic E-state index is 13.0. The number of hydrogen-bond acceptors (Lipinski definition) is 5. The standard InChI is InChI=1S/C19H21N5O4/c1-11(2)10-23-16-14(8-13(9-21-16)18(26)27)24(19(23)28)12(3)17(25)22-15-6-4-5-7-20-15/h4-9,11-12H,10H2,1-3H3,(H,26,27)(H,20,22,25)/t12-/m1/s1. The molecule has 0 saturated carbocycles. The van der Waals surface area contributed by atoms with Crippen LogP contribution in [0.3, 0.4) is 0 Å². The Morgan fingerprint density at radius 2 is 1.96 bits per heavy atom. The third kappa shape index (κ3) is 3.64. The van der Waals surface area contributed by atoms with Gasteiger partial charge in [0.05, 0.1) is 11.1 Å². The summed E-state index contributed by atoms with van der Waals surface area (Å²) in [4.78, 5) is 45.3. The van der Waals surface area contributed by atoms with E-state index in [2.05, 4.69) is 15.3 Å². The zero-order chi connectivity index (χ0) is 20.4. The number of amides is 1. The van der Waals surface area contributed by atoms with Crippen LogP contribution in [0.15, 0.2) is 41.5 Å². The van der Waals surface area contributed by atoms with E-state index in [1.165, 1.54) is 21.4 Å². The summed E-state index contributed by atoms with van der Waals surface area (Å²) < 4.78 is 2.74. The lowest BCUT2D eigenvalue weighted by Gasteiger charge is -2.13. The van der Waals surface area contributed by atoms with E-state index in [4.69, 9.17) is 0 Å². The van der Waals surface area contributed by atoms with E-state index < -0.39 is 23.6 Å². The molecule has 1 atom stereocenters. The third-order valence-corrected chi connectivity index (χ3v) is 4.28. The van der Waals surface area contributed by atoms with Crippen LogP contribution in [-0.4, -0.2) is 36.1 Å². The van der Waals surface area contributed by atoms with Crippen LogP contribution in [0.25, 0.3) is 11.2 Å². The van der Waals surface area contributed by atoms with Crippen LogP contribution in [0.2, 0.25) is 0 Å². The first kappa shape index (κ1) is 19.3. The average Bonchev–Trinajstić information content (AvgIpc) is 2.92. The van der Waals surface area contributed by atoms with Gasteiger partial charge in [-0.25, -0.2) is 19.6 Å². The number of aromatic nitrogens is 4. The van der Waals surface area contributed by atoms with Gasteiger partial charge in [-0.15, -0.1) is 0 Å². The Bertz CT molecular complexity index is 1080. The van der Waals surface area contributed by atoms with Gasteiger partial charge in [0.1, 0.15) is 11.9 Å². The zero-order valence-corrected chi connectivity index (χ0v) is 15.8. The molecule has 0 aliphatic heterocycles. The van der Waals surface area contributed by atoms with Gasteiger partial charge < -0.3 is 10.4 Å². The number of nitrogens with one attached hydrogen (secondary N) is 1. The molecule has 3 rings (SSSR count). The first-order valence-electron chi connectivity index (χ1n) is 8.85. The van der Waals surface area contributed by atoms with E-state index in [-0.39, 0.29) is 11.5 Å². The minimum absolute atomic E-state index is 0.0553. The fourth-order valence-electron chi connectivity index (χ4n) is 2.96. The van der Waals surface area contributed by atoms with Gasteiger partial charge in [0.25, 0.3) is 0 Å². The molecule has 0 radical (unpaired) electrons. The summed E-state index contributed by atoms with van der Waals surface area (Å²) in [7, 11) is 0. The van der Waals surface area contributed by atoms with E-state index in [9.17, 15) is 19.5 Å². The Morgan fingerprint density at radius 3 is 2.57 bits per heavy atom. The maximum Gasteiger partial charge on any atom is 0.337 e. The lowest BCUT2D eigenvalue weighted by atomic mass is 10.2. The van der Waals surface area contributed by atoms with Crippen molar-refractivity contribution in [3.63, 3.8) is 0 Å². The Kier molecular flexibility index (Phi) is 5.25. The Hall–Kier alpha value is -3.49. The Labute approximate surface area is 160 Å². The average molecular weight is 383 g/mol. The second kappa shape index (κ2) is 7.63. The molecular weight excluding hydrogens is 362 g/mol. The number of carbonyl (C=O) groups excluding carboxylic acids is 1. The summed E-state index contributed by atoms with van der Waals surface area (Å²) in [6, 6.07) is 5.57. The molecule has 0 bridgehead atoms. The Morgan fingerprint density at radius 1 is 1.21 bits per heavy atom. The van der Waals surface area contributed by atoms with Gasteiger partial charge in [-0.1, -0.05) is 19.9 Å². The second-order valence-corrected chi connectivity index (χ2v) is 6.91. The van der Waals surface area contributed by atoms with Crippen molar-refractivity contribution >= 4 is 28.9 Å². The molecule has 146 valence electrons. The van der Waals surface area contributed by atoms with Crippen LogP contribution in [0.1, 0.15) is 37.2 Å². The quantitative estimate of drug-likeness (QED) is 0.673. The summed E-state index contributed by atoms with van der Waals surface area (Å²) in [5.41, 5.74) is 0.179. The van der Waals surface area contributed by atoms with Gasteiger partial charge in [0.15, 0.2) is 5.65 Å². The molecule has 1 amide bonds. The smallest absolute Gasteiger partial charge is 0.337 e. The van der Waals surface area contributed by atoms with Crippen molar-refractivity contribution in [3.8, 4) is 0 Å². The fraction of sp³-hybridized carbons (Fsp3) is 0.316. The van der Waals surface area contributed by atoms with Crippen LogP contribution in [0, 0.1) is 5.92 Å². The number of nitrogens with zero attached hydrogens (tertiary/aromatic N) is 4. The van der Waals surface area contributed by atoms with E-state index in [1.54, 1.807) is 31.3 Å². The van der Waals surface area contributed by atoms with Gasteiger partial charge in [0, 0.05) is 18.9 Å². The van der Waals surface area contributed by atoms with Gasteiger partial charge in [-0.3, -0.25) is 13.9 Å². The molecule has 2 N–H and O–H groups in total. The number of anilines is 1. The van der Waals surface area contributed by atoms with Crippen molar-refractivity contribution in [2.45, 2.75) is 33.4 Å². The van der Waals surface area contributed by atoms with Crippen LogP contribution in [0.5, 0.6) is 0 Å². The number of rotatable bonds is 6. The number of carboxylic acid groups (broad SMARTS) is 1. The SMILES string of the molecule is CC(C)Cn1c(=O)n([C@H](C)C(=O)Nc2ccccn2)c2cc(C(=O)O)cnc21. The summed E-state index contributed by atoms with van der Waals surface area (Å²) >= 11 is 0. The number of pyridine rings is 2. The molecule has 3 aromatic rings. The van der Waals surface area contributed by atoms with Crippen molar-refractivity contribution < 1.29 is 14.7 Å². The van der Waals surface area contributed by atoms with E-state index in [0.29, 0.717) is 23.5 Å². The highest BCUT2D eigenvalue weighted by Gasteiger charge is 2.25. The molecule has 28 heavy (non-hydrogen) atoms. The minimum Gasteiger partial charge on any atom is -0.478 e. The molecule has 0 aliphatic rings. The predicted molar refractivity (Wildman–Crippen MR) is 103 cm³/mol. The Balaban J connectivity index is 2.11. The molecule has 9 nitrogen and oxygen atoms in total. The van der Waals surface area contributed by atoms with Crippen molar-refractivity contribution in [2.24, 2.45) is 5.92 Å². The lowest BCUT2D eigenvalue weighted by Crippen LogP contribution is -2.33. The summed E-state index contributed by atoms with van der Waals surface area (Å²) in [6.45, 7) is 5.89. The first-order chi connectivity index (χ1) is 13.3. The normalized spacial score (nSPS) is 12.3. The van der Waals surface area contributed by atoms with E-state index >= 15 is 0 Å². The third-order valence-electron chi connectivity index (χ3n) is 4.28. The van der Waals surface area contributed by atoms with Crippen molar-refractivity contribution in [1.82, 2.24) is 19.1 Å². The highest BCUT2D eigenvalue weighted by Crippen LogP contribution is 2.19. The maximum absolute atomic E-state index is 13.0. The van der Waals surface area contributed by atoms with Crippen LogP contribution < -0.4 is 11.0 Å². The highest BCUT2D eigenvalue weighted by atomic mass is 16.4. The van der Waals surface area contributed by atoms with Gasteiger partial charge in [-0.05, 0) is 31.0 Å². The molecular formula is C19H21N5O4. The molecule has 0 aliphatic carbocycles. The summed E-state index contributed by atoms with van der Waals surface area (Å²) in [5, 5.41) is 11.9. The summed E-state index contributed by atoms with van der Waals surface area (Å²) in [6.07, 6.45) is 2.76. The predicted octanol–water partition coefficient (Wildman–Crippen LogP) is 2.15. The number of imidazole rings is 1. The number of fused-ring (bicyclic) bond motifs is 1. The number of hydrogen-bond donors (Lipinski definition) is 2. The number of aromatic carboxylic acids is 1. The van der Waals surface area contributed by atoms with Crippen LogP contribution in [-0.2, 0) is 11.3 Å². The first-order valence-corrected chi connectivity index (χ1v) is 8.85. The van der Waals surface area contributed by atoms with Crippen molar-refractivity contribution in [2.75, 3.05) is 5.32 Å². The fourth-order valence-corrected chi connectivity index (χ4v) is 2.96. The molecule has 9 heteroatoms. The van der Waals surface area contributed by atoms with Gasteiger partial charge in [0.2, 0.25) is 5.91 Å². The molecule has 0 unspecified atom stereocenters. The monoisotopic (exact) mass is 383 g/mol. The van der Waals surface area contributed by atoms with E-state index in [0.717, 1.165) is 0 Å². The van der Waals surface area contributed by atoms with E-state index in [1.807, 2.05) is 13.8 Å². The molecule has 0 saturated heterocycles. The molecule has 0 spiro atoms. The lowest BCUT2D eigenvalue weighted by molar-refractivity contribution is -0.118. The molecule has 0 fully saturated rings. The molecule has 3 heterocycles. The van der Waals surface area contributed by atoms with Gasteiger partial charge >= 0.3 is 11.7 Å². The molecule has 3 aromatic heterocycles. The topological polar surface area (TPSA) is 119 Å². The largest absolute Gasteiger partial charge is 0.478 e. The van der Waals surface area contributed by atoms with Crippen molar-refractivity contribution in [3.05, 3.63) is 52.7 Å². The number of carbonyl (C=O) groups is 2. The number of carboxylic acids is 1. The van der Waals surface area contributed by atoms with Gasteiger partial charge in [-0.2, -0.15) is 0 Å². The second-order valence-electron chi connectivity index (χ2n) is 6.91. The summed E-state index contributed by atoms with van der Waals surface area (Å²) in [5.74, 6) is -1.07. The van der Waals surface area contributed by atoms with Crippen LogP contribution >= 0.6 is 0 Å². The van der Waals surface area contributed by atoms with Crippen molar-refractivity contribution in [1.29, 1.82) is 0 Å². The zero-order valence-electron chi connectivity index (χ0n) is 15.8. The minimum atomic E-state index is -1.16. The molecule has 0 aromatic carbocycles. The van der Waals surface area contributed by atoms with Crippen LogP contribution in [0.4, 0.5) is 5.82 Å².